The molecule has 2 aromatic heterocycles. The lowest BCUT2D eigenvalue weighted by Gasteiger charge is -1.98. The first kappa shape index (κ1) is 9.73. The molecule has 0 radical (unpaired) electrons. The molecule has 0 fully saturated rings. The summed E-state index contributed by atoms with van der Waals surface area (Å²) in [7, 11) is 0. The summed E-state index contributed by atoms with van der Waals surface area (Å²) in [6.45, 7) is 2.14. The van der Waals surface area contributed by atoms with Crippen molar-refractivity contribution in [2.45, 2.75) is 18.4 Å². The minimum atomic E-state index is 0.367. The summed E-state index contributed by atoms with van der Waals surface area (Å²) in [6.07, 6.45) is 3.04. The Kier molecular flexibility index (Phi) is 2.60. The zero-order chi connectivity index (χ0) is 10.1. The number of hydrogen-bond donors (Lipinski definition) is 1. The molecule has 0 atom stereocenters. The molecular formula is C9H11N3S2. The van der Waals surface area contributed by atoms with Crippen molar-refractivity contribution in [2.75, 3.05) is 12.0 Å². The highest BCUT2D eigenvalue weighted by Crippen LogP contribution is 2.30. The Morgan fingerprint density at radius 2 is 2.29 bits per heavy atom. The van der Waals surface area contributed by atoms with E-state index in [1.54, 1.807) is 23.1 Å². The molecule has 5 heteroatoms. The fourth-order valence-electron chi connectivity index (χ4n) is 1.29. The summed E-state index contributed by atoms with van der Waals surface area (Å²) >= 11 is 3.31. The van der Waals surface area contributed by atoms with Crippen molar-refractivity contribution in [2.24, 2.45) is 0 Å². The van der Waals surface area contributed by atoms with Crippen LogP contribution in [0.5, 0.6) is 0 Å². The first-order valence-electron chi connectivity index (χ1n) is 4.34. The lowest BCUT2D eigenvalue weighted by molar-refractivity contribution is 1.13. The average molecular weight is 225 g/mol. The fraction of sp³-hybridized carbons (Fsp3) is 0.333. The van der Waals surface area contributed by atoms with E-state index in [2.05, 4.69) is 23.0 Å². The van der Waals surface area contributed by atoms with Crippen molar-refractivity contribution >= 4 is 39.3 Å². The third kappa shape index (κ3) is 1.57. The number of aryl methyl sites for hydroxylation is 1. The zero-order valence-electron chi connectivity index (χ0n) is 8.07. The Balaban J connectivity index is 2.71. The van der Waals surface area contributed by atoms with Crippen molar-refractivity contribution in [3.63, 3.8) is 0 Å². The molecule has 0 aliphatic carbocycles. The van der Waals surface area contributed by atoms with Crippen LogP contribution in [0, 0.1) is 0 Å². The van der Waals surface area contributed by atoms with Crippen LogP contribution in [0.15, 0.2) is 11.1 Å². The Labute approximate surface area is 90.8 Å². The molecule has 2 aromatic rings. The number of aromatic nitrogens is 2. The van der Waals surface area contributed by atoms with Gasteiger partial charge in [-0.05, 0) is 18.7 Å². The van der Waals surface area contributed by atoms with Gasteiger partial charge >= 0.3 is 0 Å². The number of fused-ring (bicyclic) bond motifs is 1. The van der Waals surface area contributed by atoms with Gasteiger partial charge in [0, 0.05) is 10.3 Å². The highest BCUT2D eigenvalue weighted by atomic mass is 32.2. The third-order valence-corrected chi connectivity index (χ3v) is 3.84. The van der Waals surface area contributed by atoms with Crippen LogP contribution in [0.25, 0.3) is 10.2 Å². The van der Waals surface area contributed by atoms with Crippen LogP contribution in [-0.2, 0) is 6.42 Å². The maximum Gasteiger partial charge on any atom is 0.222 e. The van der Waals surface area contributed by atoms with Crippen LogP contribution in [0.1, 0.15) is 11.8 Å². The van der Waals surface area contributed by atoms with Crippen molar-refractivity contribution in [3.8, 4) is 0 Å². The number of thioether (sulfide) groups is 1. The second kappa shape index (κ2) is 3.74. The highest BCUT2D eigenvalue weighted by Gasteiger charge is 2.08. The minimum Gasteiger partial charge on any atom is -0.368 e. The van der Waals surface area contributed by atoms with E-state index in [0.717, 1.165) is 21.7 Å². The van der Waals surface area contributed by atoms with Gasteiger partial charge in [0.2, 0.25) is 5.95 Å². The maximum absolute atomic E-state index is 5.62. The summed E-state index contributed by atoms with van der Waals surface area (Å²) in [5.74, 6) is 0.367. The van der Waals surface area contributed by atoms with Gasteiger partial charge in [-0.3, -0.25) is 0 Å². The van der Waals surface area contributed by atoms with Crippen LogP contribution >= 0.6 is 23.1 Å². The standard InChI is InChI=1S/C9H11N3S2/c1-3-5-4-6-7(13-2)11-9(10)12-8(6)14-5/h4H,3H2,1-2H3,(H2,10,11,12). The number of anilines is 1. The van der Waals surface area contributed by atoms with Crippen LogP contribution in [0.3, 0.4) is 0 Å². The summed E-state index contributed by atoms with van der Waals surface area (Å²) in [5.41, 5.74) is 5.62. The van der Waals surface area contributed by atoms with E-state index < -0.39 is 0 Å². The number of nitrogen functional groups attached to an aromatic ring is 1. The third-order valence-electron chi connectivity index (χ3n) is 1.97. The van der Waals surface area contributed by atoms with E-state index >= 15 is 0 Å². The second-order valence-electron chi connectivity index (χ2n) is 2.88. The van der Waals surface area contributed by atoms with E-state index in [0.29, 0.717) is 5.95 Å². The first-order valence-corrected chi connectivity index (χ1v) is 6.38. The van der Waals surface area contributed by atoms with Gasteiger partial charge in [-0.1, -0.05) is 6.92 Å². The average Bonchev–Trinajstić information content (AvgIpc) is 2.59. The van der Waals surface area contributed by atoms with Crippen LogP contribution in [0.2, 0.25) is 0 Å². The highest BCUT2D eigenvalue weighted by molar-refractivity contribution is 7.98. The van der Waals surface area contributed by atoms with Gasteiger partial charge < -0.3 is 5.73 Å². The van der Waals surface area contributed by atoms with E-state index in [4.69, 9.17) is 5.73 Å². The SMILES string of the molecule is CCc1cc2c(SC)nc(N)nc2s1. The molecule has 2 heterocycles. The molecule has 0 aromatic carbocycles. The van der Waals surface area contributed by atoms with Crippen LogP contribution < -0.4 is 5.73 Å². The van der Waals surface area contributed by atoms with Crippen molar-refractivity contribution in [1.82, 2.24) is 9.97 Å². The second-order valence-corrected chi connectivity index (χ2v) is 4.79. The van der Waals surface area contributed by atoms with E-state index in [1.165, 1.54) is 4.88 Å². The van der Waals surface area contributed by atoms with Gasteiger partial charge in [-0.15, -0.1) is 23.1 Å². The molecule has 3 nitrogen and oxygen atoms in total. The monoisotopic (exact) mass is 225 g/mol. The Morgan fingerprint density at radius 1 is 1.50 bits per heavy atom. The molecule has 0 saturated carbocycles. The number of rotatable bonds is 2. The Hall–Kier alpha value is -0.810. The van der Waals surface area contributed by atoms with E-state index in [9.17, 15) is 0 Å². The van der Waals surface area contributed by atoms with E-state index in [-0.39, 0.29) is 0 Å². The molecule has 0 bridgehead atoms. The van der Waals surface area contributed by atoms with Crippen LogP contribution in [-0.4, -0.2) is 16.2 Å². The fourth-order valence-corrected chi connectivity index (χ4v) is 2.89. The summed E-state index contributed by atoms with van der Waals surface area (Å²) in [5, 5.41) is 2.11. The molecule has 0 spiro atoms. The van der Waals surface area contributed by atoms with Gasteiger partial charge in [-0.2, -0.15) is 0 Å². The number of nitrogens with two attached hydrogens (primary N) is 1. The molecular weight excluding hydrogens is 214 g/mol. The number of nitrogens with zero attached hydrogens (tertiary/aromatic N) is 2. The predicted molar refractivity (Wildman–Crippen MR) is 63.0 cm³/mol. The topological polar surface area (TPSA) is 51.8 Å². The predicted octanol–water partition coefficient (Wildman–Crippen LogP) is 2.56. The quantitative estimate of drug-likeness (QED) is 0.630. The van der Waals surface area contributed by atoms with Crippen molar-refractivity contribution < 1.29 is 0 Å². The minimum absolute atomic E-state index is 0.367. The first-order chi connectivity index (χ1) is 6.74. The Bertz CT molecular complexity index is 464. The smallest absolute Gasteiger partial charge is 0.222 e. The lowest BCUT2D eigenvalue weighted by Crippen LogP contribution is -1.94. The maximum atomic E-state index is 5.62. The summed E-state index contributed by atoms with van der Waals surface area (Å²) in [4.78, 5) is 10.8. The van der Waals surface area contributed by atoms with Gasteiger partial charge in [0.15, 0.2) is 0 Å². The molecule has 2 rings (SSSR count). The largest absolute Gasteiger partial charge is 0.368 e. The lowest BCUT2D eigenvalue weighted by atomic mass is 10.3. The summed E-state index contributed by atoms with van der Waals surface area (Å²) in [6, 6.07) is 2.16. The molecule has 0 aliphatic heterocycles. The molecule has 0 unspecified atom stereocenters. The van der Waals surface area contributed by atoms with Crippen LogP contribution in [0.4, 0.5) is 5.95 Å². The molecule has 0 saturated heterocycles. The van der Waals surface area contributed by atoms with Gasteiger partial charge in [0.05, 0.1) is 0 Å². The molecule has 2 N–H and O–H groups in total. The number of thiophene rings is 1. The zero-order valence-corrected chi connectivity index (χ0v) is 9.71. The van der Waals surface area contributed by atoms with Gasteiger partial charge in [0.25, 0.3) is 0 Å². The molecule has 0 aliphatic rings. The summed E-state index contributed by atoms with van der Waals surface area (Å²) < 4.78 is 0. The van der Waals surface area contributed by atoms with Gasteiger partial charge in [-0.25, -0.2) is 9.97 Å². The number of hydrogen-bond acceptors (Lipinski definition) is 5. The van der Waals surface area contributed by atoms with Crippen molar-refractivity contribution in [1.29, 1.82) is 0 Å². The normalized spacial score (nSPS) is 11.0. The molecule has 14 heavy (non-hydrogen) atoms. The van der Waals surface area contributed by atoms with Crippen molar-refractivity contribution in [3.05, 3.63) is 10.9 Å². The molecule has 74 valence electrons. The van der Waals surface area contributed by atoms with Gasteiger partial charge in [0.1, 0.15) is 9.86 Å². The van der Waals surface area contributed by atoms with E-state index in [1.807, 2.05) is 6.26 Å². The Morgan fingerprint density at radius 3 is 2.93 bits per heavy atom. The molecule has 0 amide bonds.